The van der Waals surface area contributed by atoms with Gasteiger partial charge in [0.25, 0.3) is 10.0 Å². The molecule has 2 heterocycles. The summed E-state index contributed by atoms with van der Waals surface area (Å²) in [4.78, 5) is 0.140. The molecule has 0 aliphatic rings. The molecule has 0 atom stereocenters. The molecule has 7 nitrogen and oxygen atoms in total. The van der Waals surface area contributed by atoms with E-state index in [9.17, 15) is 8.42 Å². The van der Waals surface area contributed by atoms with Crippen molar-refractivity contribution in [1.29, 1.82) is 0 Å². The summed E-state index contributed by atoms with van der Waals surface area (Å²) >= 11 is 12.0. The molecule has 1 N–H and O–H groups in total. The van der Waals surface area contributed by atoms with Gasteiger partial charge in [-0.1, -0.05) is 29.3 Å². The highest BCUT2D eigenvalue weighted by molar-refractivity contribution is 7.92. The number of anilines is 1. The standard InChI is InChI=1S/C17H19Cl2N5O2S/c1-10-17(22-27(25,26)16-8-20-23(4)11(16)2)12(3)24(21-10)9-13-5-6-14(18)15(19)7-13/h5-8,22H,9H2,1-4H3. The van der Waals surface area contributed by atoms with E-state index in [-0.39, 0.29) is 4.90 Å². The number of hydrogen-bond donors (Lipinski definition) is 1. The zero-order chi connectivity index (χ0) is 19.9. The quantitative estimate of drug-likeness (QED) is 0.672. The maximum Gasteiger partial charge on any atom is 0.265 e. The molecule has 0 unspecified atom stereocenters. The molecule has 0 bridgehead atoms. The Hall–Kier alpha value is -2.03. The number of aryl methyl sites for hydroxylation is 2. The highest BCUT2D eigenvalue weighted by atomic mass is 35.5. The van der Waals surface area contributed by atoms with Crippen LogP contribution in [-0.4, -0.2) is 28.0 Å². The summed E-state index contributed by atoms with van der Waals surface area (Å²) in [6.45, 7) is 5.71. The molecule has 3 aromatic rings. The maximum atomic E-state index is 12.8. The lowest BCUT2D eigenvalue weighted by Crippen LogP contribution is -2.15. The van der Waals surface area contributed by atoms with E-state index >= 15 is 0 Å². The Bertz CT molecular complexity index is 1120. The number of nitrogens with one attached hydrogen (secondary N) is 1. The molecule has 3 rings (SSSR count). The first kappa shape index (κ1) is 19.7. The third-order valence-corrected chi connectivity index (χ3v) is 6.61. The molecule has 0 amide bonds. The molecule has 0 saturated heterocycles. The van der Waals surface area contributed by atoms with Crippen LogP contribution in [0.3, 0.4) is 0 Å². The van der Waals surface area contributed by atoms with Crippen LogP contribution in [0.15, 0.2) is 29.3 Å². The fourth-order valence-electron chi connectivity index (χ4n) is 2.74. The summed E-state index contributed by atoms with van der Waals surface area (Å²) in [6, 6.07) is 5.34. The van der Waals surface area contributed by atoms with Crippen LogP contribution in [0.5, 0.6) is 0 Å². The Morgan fingerprint density at radius 2 is 1.81 bits per heavy atom. The first-order valence-electron chi connectivity index (χ1n) is 8.09. The lowest BCUT2D eigenvalue weighted by molar-refractivity contribution is 0.600. The van der Waals surface area contributed by atoms with Gasteiger partial charge < -0.3 is 0 Å². The van der Waals surface area contributed by atoms with Gasteiger partial charge in [0.1, 0.15) is 4.90 Å². The van der Waals surface area contributed by atoms with E-state index in [1.54, 1.807) is 37.7 Å². The summed E-state index contributed by atoms with van der Waals surface area (Å²) in [7, 11) is -2.07. The van der Waals surface area contributed by atoms with Crippen molar-refractivity contribution in [3.05, 3.63) is 57.1 Å². The first-order valence-corrected chi connectivity index (χ1v) is 10.3. The smallest absolute Gasteiger partial charge is 0.265 e. The van der Waals surface area contributed by atoms with Gasteiger partial charge in [-0.25, -0.2) is 8.42 Å². The van der Waals surface area contributed by atoms with Gasteiger partial charge in [-0.2, -0.15) is 10.2 Å². The van der Waals surface area contributed by atoms with Crippen molar-refractivity contribution in [1.82, 2.24) is 19.6 Å². The molecule has 1 aromatic carbocycles. The van der Waals surface area contributed by atoms with E-state index in [0.29, 0.717) is 39.4 Å². The van der Waals surface area contributed by atoms with E-state index in [4.69, 9.17) is 23.2 Å². The van der Waals surface area contributed by atoms with Crippen molar-refractivity contribution in [2.24, 2.45) is 7.05 Å². The minimum atomic E-state index is -3.77. The van der Waals surface area contributed by atoms with E-state index < -0.39 is 10.0 Å². The van der Waals surface area contributed by atoms with Crippen LogP contribution in [0.25, 0.3) is 0 Å². The molecule has 10 heteroatoms. The second-order valence-corrected chi connectivity index (χ2v) is 8.74. The van der Waals surface area contributed by atoms with Crippen LogP contribution < -0.4 is 4.72 Å². The van der Waals surface area contributed by atoms with Crippen LogP contribution in [-0.2, 0) is 23.6 Å². The Balaban J connectivity index is 1.91. The normalized spacial score (nSPS) is 11.8. The fraction of sp³-hybridized carbons (Fsp3) is 0.294. The number of hydrogen-bond acceptors (Lipinski definition) is 4. The third kappa shape index (κ3) is 3.83. The fourth-order valence-corrected chi connectivity index (χ4v) is 4.44. The van der Waals surface area contributed by atoms with Crippen LogP contribution in [0, 0.1) is 20.8 Å². The Morgan fingerprint density at radius 1 is 1.11 bits per heavy atom. The van der Waals surface area contributed by atoms with Crippen molar-refractivity contribution in [3.8, 4) is 0 Å². The van der Waals surface area contributed by atoms with E-state index in [1.807, 2.05) is 13.0 Å². The number of rotatable bonds is 5. The monoisotopic (exact) mass is 427 g/mol. The van der Waals surface area contributed by atoms with Crippen molar-refractivity contribution >= 4 is 38.9 Å². The lowest BCUT2D eigenvalue weighted by atomic mass is 10.2. The number of nitrogens with zero attached hydrogens (tertiary/aromatic N) is 4. The molecule has 27 heavy (non-hydrogen) atoms. The van der Waals surface area contributed by atoms with Gasteiger partial charge >= 0.3 is 0 Å². The summed E-state index contributed by atoms with van der Waals surface area (Å²) in [5.74, 6) is 0. The zero-order valence-corrected chi connectivity index (χ0v) is 17.6. The zero-order valence-electron chi connectivity index (χ0n) is 15.3. The Kier molecular flexibility index (Phi) is 5.24. The topological polar surface area (TPSA) is 81.8 Å². The highest BCUT2D eigenvalue weighted by Gasteiger charge is 2.23. The second kappa shape index (κ2) is 7.18. The van der Waals surface area contributed by atoms with E-state index in [0.717, 1.165) is 5.56 Å². The third-order valence-electron chi connectivity index (χ3n) is 4.41. The predicted octanol–water partition coefficient (Wildman–Crippen LogP) is 3.70. The SMILES string of the molecule is Cc1nn(Cc2ccc(Cl)c(Cl)c2)c(C)c1NS(=O)(=O)c1cnn(C)c1C. The minimum Gasteiger partial charge on any atom is -0.276 e. The molecule has 0 aliphatic carbocycles. The van der Waals surface area contributed by atoms with Gasteiger partial charge in [0.15, 0.2) is 0 Å². The molecule has 0 fully saturated rings. The van der Waals surface area contributed by atoms with Gasteiger partial charge in [-0.05, 0) is 38.5 Å². The maximum absolute atomic E-state index is 12.8. The summed E-state index contributed by atoms with van der Waals surface area (Å²) in [6.07, 6.45) is 1.34. The van der Waals surface area contributed by atoms with Gasteiger partial charge in [-0.3, -0.25) is 14.1 Å². The Labute approximate surface area is 168 Å². The molecule has 0 radical (unpaired) electrons. The van der Waals surface area contributed by atoms with E-state index in [2.05, 4.69) is 14.9 Å². The van der Waals surface area contributed by atoms with Gasteiger partial charge in [0.2, 0.25) is 0 Å². The van der Waals surface area contributed by atoms with Crippen LogP contribution in [0.2, 0.25) is 10.0 Å². The molecular formula is C17H19Cl2N5O2S. The molecule has 144 valence electrons. The molecule has 0 saturated carbocycles. The summed E-state index contributed by atoms with van der Waals surface area (Å²) in [5.41, 5.74) is 3.20. The number of halogens is 2. The van der Waals surface area contributed by atoms with Crippen molar-refractivity contribution in [3.63, 3.8) is 0 Å². The second-order valence-electron chi connectivity index (χ2n) is 6.28. The average molecular weight is 428 g/mol. The first-order chi connectivity index (χ1) is 12.6. The van der Waals surface area contributed by atoms with Crippen LogP contribution >= 0.6 is 23.2 Å². The minimum absolute atomic E-state index is 0.140. The van der Waals surface area contributed by atoms with Crippen molar-refractivity contribution in [2.75, 3.05) is 4.72 Å². The molecule has 0 spiro atoms. The molecule has 0 aliphatic heterocycles. The van der Waals surface area contributed by atoms with Gasteiger partial charge in [0.05, 0.1) is 45.6 Å². The van der Waals surface area contributed by atoms with Crippen molar-refractivity contribution < 1.29 is 8.42 Å². The number of benzene rings is 1. The highest BCUT2D eigenvalue weighted by Crippen LogP contribution is 2.27. The summed E-state index contributed by atoms with van der Waals surface area (Å²) in [5, 5.41) is 9.40. The lowest BCUT2D eigenvalue weighted by Gasteiger charge is -2.09. The Morgan fingerprint density at radius 3 is 2.41 bits per heavy atom. The van der Waals surface area contributed by atoms with Crippen LogP contribution in [0.4, 0.5) is 5.69 Å². The van der Waals surface area contributed by atoms with Gasteiger partial charge in [0, 0.05) is 7.05 Å². The molecule has 2 aromatic heterocycles. The average Bonchev–Trinajstić information content (AvgIpc) is 3.06. The largest absolute Gasteiger partial charge is 0.276 e. The van der Waals surface area contributed by atoms with Gasteiger partial charge in [-0.15, -0.1) is 0 Å². The number of sulfonamides is 1. The number of aromatic nitrogens is 4. The van der Waals surface area contributed by atoms with E-state index in [1.165, 1.54) is 10.9 Å². The predicted molar refractivity (Wildman–Crippen MR) is 106 cm³/mol. The summed E-state index contributed by atoms with van der Waals surface area (Å²) < 4.78 is 31.4. The van der Waals surface area contributed by atoms with Crippen molar-refractivity contribution in [2.45, 2.75) is 32.2 Å². The molecular weight excluding hydrogens is 409 g/mol. The van der Waals surface area contributed by atoms with Crippen LogP contribution in [0.1, 0.15) is 22.6 Å².